The monoisotopic (exact) mass is 332 g/mol. The van der Waals surface area contributed by atoms with Crippen molar-refractivity contribution in [2.75, 3.05) is 4.90 Å². The summed E-state index contributed by atoms with van der Waals surface area (Å²) in [6.07, 6.45) is 3.53. The molecule has 0 atom stereocenters. The molecule has 1 aromatic carbocycles. The van der Waals surface area contributed by atoms with Crippen molar-refractivity contribution in [3.8, 4) is 0 Å². The van der Waals surface area contributed by atoms with E-state index in [0.29, 0.717) is 0 Å². The first kappa shape index (κ1) is 16.3. The molecule has 1 aromatic rings. The van der Waals surface area contributed by atoms with E-state index in [0.717, 1.165) is 24.0 Å². The Morgan fingerprint density at radius 2 is 1.45 bits per heavy atom. The smallest absolute Gasteiger partial charge is 0.272 e. The van der Waals surface area contributed by atoms with Gasteiger partial charge in [0.15, 0.2) is 0 Å². The summed E-state index contributed by atoms with van der Waals surface area (Å²) in [4.78, 5) is 2.45. The first-order valence-corrected chi connectivity index (χ1v) is 8.46. The lowest BCUT2D eigenvalue weighted by atomic mass is 9.77. The Bertz CT molecular complexity index is 478. The topological polar surface area (TPSA) is 3.24 Å². The summed E-state index contributed by atoms with van der Waals surface area (Å²) in [5.74, 6) is 0. The largest absolute Gasteiger partial charge is 0.364 e. The Kier molecular flexibility index (Phi) is 4.33. The Labute approximate surface area is 137 Å². The highest BCUT2D eigenvalue weighted by Gasteiger charge is 2.42. The predicted octanol–water partition coefficient (Wildman–Crippen LogP) is 5.10. The third-order valence-electron chi connectivity index (χ3n) is 4.32. The first-order chi connectivity index (χ1) is 9.06. The van der Waals surface area contributed by atoms with Gasteiger partial charge in [-0.3, -0.25) is 0 Å². The van der Waals surface area contributed by atoms with Gasteiger partial charge in [0.1, 0.15) is 0 Å². The average Bonchev–Trinajstić information content (AvgIpc) is 2.25. The van der Waals surface area contributed by atoms with Crippen LogP contribution < -0.4 is 10.4 Å². The molecule has 0 unspecified atom stereocenters. The summed E-state index contributed by atoms with van der Waals surface area (Å²) >= 11 is 18.7. The van der Waals surface area contributed by atoms with Crippen molar-refractivity contribution in [3.63, 3.8) is 0 Å². The zero-order valence-electron chi connectivity index (χ0n) is 12.6. The summed E-state index contributed by atoms with van der Waals surface area (Å²) < 4.78 is -2.08. The van der Waals surface area contributed by atoms with Gasteiger partial charge >= 0.3 is 0 Å². The SMILES string of the molecule is CC1(C)CCCC(C)(C)N1c1ccccc1[B-](Cl)(Cl)Cl. The standard InChI is InChI=1S/C15H22BCl3N/c1-14(2)10-7-11-15(3,4)20(14)13-9-6-5-8-12(13)16(17,18)19/h5-6,8-9H,7,10-11H2,1-4H3/q-1. The molecule has 0 amide bonds. The van der Waals surface area contributed by atoms with E-state index in [-0.39, 0.29) is 11.1 Å². The van der Waals surface area contributed by atoms with Gasteiger partial charge in [0.25, 0.3) is 4.39 Å². The number of benzene rings is 1. The van der Waals surface area contributed by atoms with Crippen molar-refractivity contribution in [2.24, 2.45) is 0 Å². The van der Waals surface area contributed by atoms with Gasteiger partial charge in [0.2, 0.25) is 0 Å². The molecular weight excluding hydrogens is 311 g/mol. The van der Waals surface area contributed by atoms with Crippen molar-refractivity contribution in [3.05, 3.63) is 24.3 Å². The van der Waals surface area contributed by atoms with E-state index in [4.69, 9.17) is 34.4 Å². The molecule has 0 spiro atoms. The molecule has 0 N–H and O–H groups in total. The molecule has 1 fully saturated rings. The van der Waals surface area contributed by atoms with Crippen molar-refractivity contribution >= 4 is 49.9 Å². The third kappa shape index (κ3) is 3.08. The van der Waals surface area contributed by atoms with E-state index in [1.165, 1.54) is 6.42 Å². The minimum Gasteiger partial charge on any atom is -0.364 e. The highest BCUT2D eigenvalue weighted by Crippen LogP contribution is 2.42. The molecule has 0 bridgehead atoms. The zero-order valence-corrected chi connectivity index (χ0v) is 14.9. The van der Waals surface area contributed by atoms with Gasteiger partial charge < -0.3 is 39.3 Å². The van der Waals surface area contributed by atoms with E-state index in [9.17, 15) is 0 Å². The molecule has 0 radical (unpaired) electrons. The van der Waals surface area contributed by atoms with Crippen LogP contribution in [0.2, 0.25) is 0 Å². The quantitative estimate of drug-likeness (QED) is 0.681. The van der Waals surface area contributed by atoms with Crippen molar-refractivity contribution < 1.29 is 0 Å². The van der Waals surface area contributed by atoms with Gasteiger partial charge in [0.05, 0.1) is 0 Å². The van der Waals surface area contributed by atoms with Gasteiger partial charge in [-0.15, -0.1) is 5.46 Å². The molecule has 1 saturated heterocycles. The Morgan fingerprint density at radius 3 is 1.95 bits per heavy atom. The second-order valence-corrected chi connectivity index (χ2v) is 9.58. The number of rotatable bonds is 2. The van der Waals surface area contributed by atoms with Crippen molar-refractivity contribution in [1.29, 1.82) is 0 Å². The molecule has 20 heavy (non-hydrogen) atoms. The van der Waals surface area contributed by atoms with E-state index in [1.54, 1.807) is 0 Å². The molecule has 1 heterocycles. The number of nitrogens with zero attached hydrogens (tertiary/aromatic N) is 1. The van der Waals surface area contributed by atoms with Crippen LogP contribution in [0.5, 0.6) is 0 Å². The summed E-state index contributed by atoms with van der Waals surface area (Å²) in [7, 11) is 0. The summed E-state index contributed by atoms with van der Waals surface area (Å²) in [5, 5.41) is 0. The van der Waals surface area contributed by atoms with Crippen molar-refractivity contribution in [1.82, 2.24) is 0 Å². The normalized spacial score (nSPS) is 21.9. The van der Waals surface area contributed by atoms with Crippen LogP contribution in [-0.4, -0.2) is 15.5 Å². The molecule has 1 nitrogen and oxygen atoms in total. The Morgan fingerprint density at radius 1 is 0.950 bits per heavy atom. The van der Waals surface area contributed by atoms with E-state index < -0.39 is 4.39 Å². The minimum absolute atomic E-state index is 0.0594. The van der Waals surface area contributed by atoms with Gasteiger partial charge in [0, 0.05) is 16.8 Å². The summed E-state index contributed by atoms with van der Waals surface area (Å²) in [5.41, 5.74) is 2.00. The van der Waals surface area contributed by atoms with Crippen LogP contribution in [0, 0.1) is 0 Å². The Balaban J connectivity index is 2.59. The molecule has 0 aromatic heterocycles. The van der Waals surface area contributed by atoms with Gasteiger partial charge in [-0.1, -0.05) is 18.2 Å². The number of para-hydroxylation sites is 1. The van der Waals surface area contributed by atoms with Crippen molar-refractivity contribution in [2.45, 2.75) is 58.0 Å². The first-order valence-electron chi connectivity index (χ1n) is 7.15. The zero-order chi connectivity index (χ0) is 15.2. The van der Waals surface area contributed by atoms with Crippen LogP contribution in [-0.2, 0) is 0 Å². The summed E-state index contributed by atoms with van der Waals surface area (Å²) in [6.45, 7) is 9.10. The van der Waals surface area contributed by atoms with Crippen LogP contribution in [0.4, 0.5) is 5.69 Å². The fourth-order valence-corrected chi connectivity index (χ4v) is 4.17. The molecule has 2 rings (SSSR count). The second-order valence-electron chi connectivity index (χ2n) is 6.95. The number of hydrogen-bond donors (Lipinski definition) is 0. The van der Waals surface area contributed by atoms with Gasteiger partial charge in [-0.2, -0.15) is 0 Å². The lowest BCUT2D eigenvalue weighted by Crippen LogP contribution is -2.60. The van der Waals surface area contributed by atoms with Gasteiger partial charge in [-0.25, -0.2) is 0 Å². The predicted molar refractivity (Wildman–Crippen MR) is 93.9 cm³/mol. The summed E-state index contributed by atoms with van der Waals surface area (Å²) in [6, 6.07) is 7.97. The molecule has 1 aliphatic heterocycles. The lowest BCUT2D eigenvalue weighted by Gasteiger charge is -2.56. The highest BCUT2D eigenvalue weighted by atomic mass is 35.6. The Hall–Kier alpha value is -0.0451. The van der Waals surface area contributed by atoms with Gasteiger partial charge in [-0.05, 0) is 53.0 Å². The van der Waals surface area contributed by atoms with Crippen LogP contribution in [0.1, 0.15) is 47.0 Å². The molecule has 0 aliphatic carbocycles. The fourth-order valence-electron chi connectivity index (χ4n) is 3.62. The number of hydrogen-bond acceptors (Lipinski definition) is 1. The number of anilines is 1. The number of piperidine rings is 1. The molecule has 0 saturated carbocycles. The van der Waals surface area contributed by atoms with E-state index in [1.807, 2.05) is 18.2 Å². The van der Waals surface area contributed by atoms with Crippen LogP contribution in [0.3, 0.4) is 0 Å². The number of halogens is 3. The maximum atomic E-state index is 6.24. The lowest BCUT2D eigenvalue weighted by molar-refractivity contribution is 0.244. The molecule has 5 heteroatoms. The van der Waals surface area contributed by atoms with Crippen LogP contribution in [0.15, 0.2) is 24.3 Å². The maximum Gasteiger partial charge on any atom is 0.272 e. The van der Waals surface area contributed by atoms with Crippen LogP contribution in [0.25, 0.3) is 0 Å². The highest BCUT2D eigenvalue weighted by molar-refractivity contribution is 7.69. The molecule has 112 valence electrons. The van der Waals surface area contributed by atoms with E-state index in [2.05, 4.69) is 38.7 Å². The van der Waals surface area contributed by atoms with Crippen LogP contribution >= 0.6 is 34.4 Å². The fraction of sp³-hybridized carbons (Fsp3) is 0.600. The average molecular weight is 334 g/mol. The second kappa shape index (κ2) is 5.30. The molecular formula is C15H22BCl3N-. The minimum atomic E-state index is -2.08. The third-order valence-corrected chi connectivity index (χ3v) is 5.02. The molecule has 1 aliphatic rings. The maximum absolute atomic E-state index is 6.24. The van der Waals surface area contributed by atoms with E-state index >= 15 is 0 Å².